The van der Waals surface area contributed by atoms with Gasteiger partial charge >= 0.3 is 0 Å². The monoisotopic (exact) mass is 260 g/mol. The van der Waals surface area contributed by atoms with E-state index < -0.39 is 0 Å². The number of carbonyl (C=O) groups excluding carboxylic acids is 1. The minimum Gasteiger partial charge on any atom is -0.399 e. The van der Waals surface area contributed by atoms with Crippen LogP contribution in [0.2, 0.25) is 0 Å². The number of rotatable bonds is 4. The van der Waals surface area contributed by atoms with E-state index in [1.807, 2.05) is 43.3 Å². The highest BCUT2D eigenvalue weighted by Gasteiger charge is 2.09. The third kappa shape index (κ3) is 2.90. The summed E-state index contributed by atoms with van der Waals surface area (Å²) in [6.45, 7) is 2.64. The van der Waals surface area contributed by atoms with E-state index in [-0.39, 0.29) is 5.91 Å². The predicted octanol–water partition coefficient (Wildman–Crippen LogP) is 3.18. The van der Waals surface area contributed by atoms with Crippen LogP contribution in [0, 0.1) is 0 Å². The largest absolute Gasteiger partial charge is 0.399 e. The molecule has 0 fully saturated rings. The van der Waals surface area contributed by atoms with Crippen LogP contribution in [0.4, 0.5) is 5.69 Å². The summed E-state index contributed by atoms with van der Waals surface area (Å²) in [5, 5.41) is 3.92. The van der Waals surface area contributed by atoms with E-state index in [2.05, 4.69) is 5.32 Å². The highest BCUT2D eigenvalue weighted by molar-refractivity contribution is 7.20. The molecule has 0 saturated heterocycles. The number of thiophene rings is 1. The number of nitrogens with one attached hydrogen (secondary N) is 1. The molecule has 0 spiro atoms. The second kappa shape index (κ2) is 5.69. The quantitative estimate of drug-likeness (QED) is 0.504. The second-order valence-corrected chi connectivity index (χ2v) is 5.11. The van der Waals surface area contributed by atoms with E-state index in [1.54, 1.807) is 0 Å². The van der Waals surface area contributed by atoms with Crippen LogP contribution in [-0.4, -0.2) is 12.5 Å². The van der Waals surface area contributed by atoms with Crippen molar-refractivity contribution in [2.75, 3.05) is 12.3 Å². The number of fused-ring (bicyclic) bond motifs is 1. The zero-order chi connectivity index (χ0) is 13.0. The van der Waals surface area contributed by atoms with Crippen molar-refractivity contribution in [2.45, 2.75) is 13.3 Å². The highest BCUT2D eigenvalue weighted by atomic mass is 32.1. The molecule has 1 aromatic heterocycles. The van der Waals surface area contributed by atoms with Crippen molar-refractivity contribution in [3.8, 4) is 0 Å². The smallest absolute Gasteiger partial charge is 0.261 e. The van der Waals surface area contributed by atoms with Crippen molar-refractivity contribution < 1.29 is 4.79 Å². The number of nitrogens with two attached hydrogens (primary N) is 1. The number of hydrogen-bond acceptors (Lipinski definition) is 3. The number of carbonyl (C=O) groups is 1. The van der Waals surface area contributed by atoms with Gasteiger partial charge < -0.3 is 11.1 Å². The number of nitrogen functional groups attached to an aromatic ring is 1. The zero-order valence-corrected chi connectivity index (χ0v) is 11.1. The first-order valence-electron chi connectivity index (χ1n) is 5.89. The molecule has 0 aliphatic heterocycles. The van der Waals surface area contributed by atoms with Crippen LogP contribution in [0.3, 0.4) is 0 Å². The van der Waals surface area contributed by atoms with E-state index in [1.165, 1.54) is 11.3 Å². The second-order valence-electron chi connectivity index (χ2n) is 4.02. The lowest BCUT2D eigenvalue weighted by Gasteiger charge is -1.99. The van der Waals surface area contributed by atoms with Crippen LogP contribution in [0.1, 0.15) is 23.0 Å². The van der Waals surface area contributed by atoms with E-state index in [4.69, 9.17) is 5.73 Å². The molecule has 0 unspecified atom stereocenters. The van der Waals surface area contributed by atoms with E-state index in [9.17, 15) is 4.79 Å². The van der Waals surface area contributed by atoms with Crippen molar-refractivity contribution in [1.82, 2.24) is 5.32 Å². The van der Waals surface area contributed by atoms with Gasteiger partial charge in [-0.15, -0.1) is 11.3 Å². The Morgan fingerprint density at radius 3 is 3.06 bits per heavy atom. The Balaban J connectivity index is 2.08. The molecule has 94 valence electrons. The standard InChI is InChI=1S/C14H16N2OS/c1-2-3-4-7-16-14(17)13-9-10-8-11(15)5-6-12(10)18-13/h2-3,5-6,8-9H,4,7,15H2,1H3,(H,16,17)/b3-2+. The van der Waals surface area contributed by atoms with Gasteiger partial charge in [-0.1, -0.05) is 12.2 Å². The topological polar surface area (TPSA) is 55.1 Å². The summed E-state index contributed by atoms with van der Waals surface area (Å²) in [4.78, 5) is 12.6. The van der Waals surface area contributed by atoms with Gasteiger partial charge in [0.05, 0.1) is 4.88 Å². The van der Waals surface area contributed by atoms with Gasteiger partial charge in [-0.05, 0) is 43.0 Å². The van der Waals surface area contributed by atoms with Gasteiger partial charge in [-0.25, -0.2) is 0 Å². The maximum absolute atomic E-state index is 11.9. The van der Waals surface area contributed by atoms with Gasteiger partial charge in [0.25, 0.3) is 5.91 Å². The summed E-state index contributed by atoms with van der Waals surface area (Å²) >= 11 is 1.49. The lowest BCUT2D eigenvalue weighted by atomic mass is 10.2. The van der Waals surface area contributed by atoms with Crippen molar-refractivity contribution in [2.24, 2.45) is 0 Å². The molecule has 0 radical (unpaired) electrons. The van der Waals surface area contributed by atoms with E-state index >= 15 is 0 Å². The number of hydrogen-bond donors (Lipinski definition) is 2. The molecule has 1 heterocycles. The first-order chi connectivity index (χ1) is 8.70. The third-order valence-electron chi connectivity index (χ3n) is 2.60. The Labute approximate surface area is 110 Å². The molecular formula is C14H16N2OS. The molecule has 4 heteroatoms. The molecule has 0 atom stereocenters. The molecule has 3 nitrogen and oxygen atoms in total. The summed E-state index contributed by atoms with van der Waals surface area (Å²) in [5.74, 6) is -0.0146. The van der Waals surface area contributed by atoms with Gasteiger partial charge in [0.1, 0.15) is 0 Å². The first-order valence-corrected chi connectivity index (χ1v) is 6.71. The van der Waals surface area contributed by atoms with Gasteiger partial charge in [0.15, 0.2) is 0 Å². The Kier molecular flexibility index (Phi) is 3.99. The first kappa shape index (κ1) is 12.6. The van der Waals surface area contributed by atoms with Crippen molar-refractivity contribution >= 4 is 33.0 Å². The molecule has 0 saturated carbocycles. The SMILES string of the molecule is C/C=C/CCNC(=O)c1cc2cc(N)ccc2s1. The molecule has 0 aliphatic rings. The predicted molar refractivity (Wildman–Crippen MR) is 78.0 cm³/mol. The maximum Gasteiger partial charge on any atom is 0.261 e. The zero-order valence-electron chi connectivity index (χ0n) is 10.3. The van der Waals surface area contributed by atoms with Gasteiger partial charge in [-0.2, -0.15) is 0 Å². The third-order valence-corrected chi connectivity index (χ3v) is 3.71. The minimum absolute atomic E-state index is 0.0146. The van der Waals surface area contributed by atoms with Crippen LogP contribution in [0.15, 0.2) is 36.4 Å². The molecule has 2 aromatic rings. The van der Waals surface area contributed by atoms with E-state index in [0.29, 0.717) is 6.54 Å². The van der Waals surface area contributed by atoms with Crippen LogP contribution in [-0.2, 0) is 0 Å². The number of amides is 1. The normalized spacial score (nSPS) is 11.2. The summed E-state index contributed by atoms with van der Waals surface area (Å²) < 4.78 is 1.09. The molecule has 3 N–H and O–H groups in total. The lowest BCUT2D eigenvalue weighted by Crippen LogP contribution is -2.23. The van der Waals surface area contributed by atoms with Crippen molar-refractivity contribution in [3.63, 3.8) is 0 Å². The Bertz CT molecular complexity index is 586. The number of benzene rings is 1. The van der Waals surface area contributed by atoms with E-state index in [0.717, 1.165) is 27.1 Å². The van der Waals surface area contributed by atoms with Crippen molar-refractivity contribution in [3.05, 3.63) is 41.3 Å². The Morgan fingerprint density at radius 2 is 2.28 bits per heavy atom. The highest BCUT2D eigenvalue weighted by Crippen LogP contribution is 2.27. The summed E-state index contributed by atoms with van der Waals surface area (Å²) in [6.07, 6.45) is 4.88. The number of allylic oxidation sites excluding steroid dienone is 1. The van der Waals surface area contributed by atoms with Crippen LogP contribution in [0.25, 0.3) is 10.1 Å². The average molecular weight is 260 g/mol. The summed E-state index contributed by atoms with van der Waals surface area (Å²) in [5.41, 5.74) is 6.44. The fraction of sp³-hybridized carbons (Fsp3) is 0.214. The molecular weight excluding hydrogens is 244 g/mol. The fourth-order valence-corrected chi connectivity index (χ4v) is 2.66. The van der Waals surface area contributed by atoms with Gasteiger partial charge in [-0.3, -0.25) is 4.79 Å². The van der Waals surface area contributed by atoms with Gasteiger partial charge in [0.2, 0.25) is 0 Å². The minimum atomic E-state index is -0.0146. The van der Waals surface area contributed by atoms with Crippen LogP contribution < -0.4 is 11.1 Å². The molecule has 18 heavy (non-hydrogen) atoms. The Morgan fingerprint density at radius 1 is 1.44 bits per heavy atom. The molecule has 1 aromatic carbocycles. The molecule has 1 amide bonds. The maximum atomic E-state index is 11.9. The molecule has 0 aliphatic carbocycles. The molecule has 2 rings (SSSR count). The Hall–Kier alpha value is -1.81. The average Bonchev–Trinajstić information content (AvgIpc) is 2.77. The van der Waals surface area contributed by atoms with Crippen LogP contribution >= 0.6 is 11.3 Å². The fourth-order valence-electron chi connectivity index (χ4n) is 1.70. The number of anilines is 1. The molecule has 0 bridgehead atoms. The van der Waals surface area contributed by atoms with Crippen molar-refractivity contribution in [1.29, 1.82) is 0 Å². The van der Waals surface area contributed by atoms with Crippen LogP contribution in [0.5, 0.6) is 0 Å². The lowest BCUT2D eigenvalue weighted by molar-refractivity contribution is 0.0958. The summed E-state index contributed by atoms with van der Waals surface area (Å²) in [6, 6.07) is 7.59. The van der Waals surface area contributed by atoms with Gasteiger partial charge in [0, 0.05) is 16.9 Å². The summed E-state index contributed by atoms with van der Waals surface area (Å²) in [7, 11) is 0.